The third kappa shape index (κ3) is 3.91. The first-order chi connectivity index (χ1) is 15.2. The Morgan fingerprint density at radius 2 is 1.66 bits per heavy atom. The number of aliphatic hydroxyl groups excluding tert-OH is 1. The van der Waals surface area contributed by atoms with E-state index >= 15 is 0 Å². The lowest BCUT2D eigenvalue weighted by Gasteiger charge is -2.60. The molecule has 2 amide bonds. The van der Waals surface area contributed by atoms with Crippen molar-refractivity contribution in [1.82, 2.24) is 0 Å². The molecular weight excluding hydrogens is 408 g/mol. The molecule has 0 spiro atoms. The number of amides is 2. The summed E-state index contributed by atoms with van der Waals surface area (Å²) in [6.45, 7) is 8.67. The maximum Gasteiger partial charge on any atom is 0.433 e. The van der Waals surface area contributed by atoms with Gasteiger partial charge in [0.05, 0.1) is 30.7 Å². The van der Waals surface area contributed by atoms with Gasteiger partial charge in [-0.1, -0.05) is 13.8 Å². The van der Waals surface area contributed by atoms with Crippen molar-refractivity contribution < 1.29 is 24.2 Å². The first kappa shape index (κ1) is 23.4. The molecule has 4 fully saturated rings. The largest absolute Gasteiger partial charge is 0.448 e. The Hall–Kier alpha value is -1.76. The Bertz CT molecular complexity index is 823. The second-order valence-electron chi connectivity index (χ2n) is 10.7. The topological polar surface area (TPSA) is 97.5 Å². The molecule has 178 valence electrons. The van der Waals surface area contributed by atoms with Gasteiger partial charge in [0, 0.05) is 5.41 Å². The zero-order chi connectivity index (χ0) is 23.1. The standard InChI is InChI=1S/C25H38N2O5/c1-5-31-22(29)26-20-14-19-17-8-7-15-13-16(28)9-11-24(15,3)18(17)10-12-25(19,4)21(20)27-23(30)32-6-2/h15-19,28H,5-14H2,1-4H3/t15?,16?,17-,18-,19+,24+,25+/m1/s1. The normalized spacial score (nSPS) is 43.3. The van der Waals surface area contributed by atoms with Gasteiger partial charge in [-0.15, -0.1) is 0 Å². The molecule has 0 aromatic heterocycles. The second-order valence-corrected chi connectivity index (χ2v) is 10.7. The smallest absolute Gasteiger partial charge is 0.433 e. The first-order valence-corrected chi connectivity index (χ1v) is 12.4. The Balaban J connectivity index is 1.68. The molecule has 4 rings (SSSR count). The van der Waals surface area contributed by atoms with E-state index in [2.05, 4.69) is 23.8 Å². The summed E-state index contributed by atoms with van der Waals surface area (Å²) < 4.78 is 10.2. The fraction of sp³-hybridized carbons (Fsp3) is 0.840. The number of nitrogens with zero attached hydrogens (tertiary/aromatic N) is 2. The lowest BCUT2D eigenvalue weighted by atomic mass is 9.45. The molecule has 0 bridgehead atoms. The minimum Gasteiger partial charge on any atom is -0.448 e. The van der Waals surface area contributed by atoms with E-state index in [4.69, 9.17) is 9.47 Å². The highest BCUT2D eigenvalue weighted by Gasteiger charge is 2.61. The van der Waals surface area contributed by atoms with Crippen LogP contribution in [0, 0.1) is 34.5 Å². The Kier molecular flexibility index (Phi) is 6.49. The molecule has 0 aromatic rings. The number of fused-ring (bicyclic) bond motifs is 5. The van der Waals surface area contributed by atoms with Crippen LogP contribution in [0.2, 0.25) is 0 Å². The molecule has 0 saturated heterocycles. The van der Waals surface area contributed by atoms with Crippen molar-refractivity contribution in [2.75, 3.05) is 13.2 Å². The zero-order valence-electron chi connectivity index (χ0n) is 19.9. The van der Waals surface area contributed by atoms with Crippen LogP contribution in [0.3, 0.4) is 0 Å². The van der Waals surface area contributed by atoms with Gasteiger partial charge in [-0.2, -0.15) is 9.98 Å². The van der Waals surface area contributed by atoms with E-state index in [0.717, 1.165) is 44.9 Å². The van der Waals surface area contributed by atoms with Gasteiger partial charge in [0.1, 0.15) is 0 Å². The molecular formula is C25H38N2O5. The van der Waals surface area contributed by atoms with E-state index in [1.165, 1.54) is 0 Å². The maximum atomic E-state index is 12.3. The lowest BCUT2D eigenvalue weighted by Crippen LogP contribution is -2.54. The molecule has 7 heteroatoms. The number of hydrogen-bond donors (Lipinski definition) is 1. The van der Waals surface area contributed by atoms with Crippen LogP contribution < -0.4 is 0 Å². The molecule has 7 nitrogen and oxygen atoms in total. The van der Waals surface area contributed by atoms with Gasteiger partial charge < -0.3 is 14.6 Å². The molecule has 0 radical (unpaired) electrons. The fourth-order valence-electron chi connectivity index (χ4n) is 7.66. The third-order valence-corrected chi connectivity index (χ3v) is 9.22. The van der Waals surface area contributed by atoms with Crippen LogP contribution in [-0.2, 0) is 9.47 Å². The number of hydrogen-bond acceptors (Lipinski definition) is 5. The van der Waals surface area contributed by atoms with Crippen molar-refractivity contribution in [2.24, 2.45) is 44.5 Å². The van der Waals surface area contributed by atoms with Gasteiger partial charge in [0.2, 0.25) is 0 Å². The van der Waals surface area contributed by atoms with Crippen LogP contribution in [0.4, 0.5) is 9.59 Å². The highest BCUT2D eigenvalue weighted by atomic mass is 16.5. The van der Waals surface area contributed by atoms with Crippen molar-refractivity contribution in [2.45, 2.75) is 85.2 Å². The Labute approximate surface area is 191 Å². The van der Waals surface area contributed by atoms with Gasteiger partial charge in [0.25, 0.3) is 0 Å². The van der Waals surface area contributed by atoms with E-state index in [0.29, 0.717) is 41.5 Å². The quantitative estimate of drug-likeness (QED) is 0.629. The number of aliphatic imine (C=N–C) groups is 2. The zero-order valence-corrected chi connectivity index (χ0v) is 19.9. The van der Waals surface area contributed by atoms with Crippen LogP contribution in [0.15, 0.2) is 9.98 Å². The minimum absolute atomic E-state index is 0.156. The van der Waals surface area contributed by atoms with Crippen LogP contribution in [0.25, 0.3) is 0 Å². The average molecular weight is 447 g/mol. The second kappa shape index (κ2) is 8.88. The van der Waals surface area contributed by atoms with E-state index in [9.17, 15) is 14.7 Å². The van der Waals surface area contributed by atoms with Crippen molar-refractivity contribution >= 4 is 23.6 Å². The van der Waals surface area contributed by atoms with E-state index in [-0.39, 0.29) is 30.1 Å². The summed E-state index contributed by atoms with van der Waals surface area (Å²) in [5.74, 6) is 1.98. The molecule has 0 heterocycles. The fourth-order valence-corrected chi connectivity index (χ4v) is 7.66. The van der Waals surface area contributed by atoms with Crippen LogP contribution in [-0.4, -0.2) is 48.0 Å². The predicted octanol–water partition coefficient (Wildman–Crippen LogP) is 5.19. The first-order valence-electron chi connectivity index (χ1n) is 12.4. The van der Waals surface area contributed by atoms with Gasteiger partial charge in [0.15, 0.2) is 0 Å². The number of rotatable bonds is 2. The van der Waals surface area contributed by atoms with Gasteiger partial charge in [-0.05, 0) is 94.3 Å². The van der Waals surface area contributed by atoms with Crippen molar-refractivity contribution in [3.05, 3.63) is 0 Å². The van der Waals surface area contributed by atoms with E-state index in [1.54, 1.807) is 13.8 Å². The summed E-state index contributed by atoms with van der Waals surface area (Å²) >= 11 is 0. The number of aliphatic hydroxyl groups is 1. The van der Waals surface area contributed by atoms with Crippen LogP contribution in [0.1, 0.15) is 79.1 Å². The van der Waals surface area contributed by atoms with Gasteiger partial charge in [-0.25, -0.2) is 9.59 Å². The van der Waals surface area contributed by atoms with Gasteiger partial charge >= 0.3 is 12.2 Å². The summed E-state index contributed by atoms with van der Waals surface area (Å²) in [6, 6.07) is 0. The summed E-state index contributed by atoms with van der Waals surface area (Å²) in [5, 5.41) is 10.3. The third-order valence-electron chi connectivity index (χ3n) is 9.22. The Morgan fingerprint density at radius 3 is 2.34 bits per heavy atom. The molecule has 0 aromatic carbocycles. The number of carbonyl (C=O) groups excluding carboxylic acids is 2. The van der Waals surface area contributed by atoms with Crippen LogP contribution in [0.5, 0.6) is 0 Å². The number of ether oxygens (including phenoxy) is 2. The Morgan fingerprint density at radius 1 is 0.969 bits per heavy atom. The lowest BCUT2D eigenvalue weighted by molar-refractivity contribution is -0.113. The molecule has 4 saturated carbocycles. The summed E-state index contributed by atoms with van der Waals surface area (Å²) in [6.07, 6.45) is 6.42. The van der Waals surface area contributed by atoms with Gasteiger partial charge in [-0.3, -0.25) is 0 Å². The van der Waals surface area contributed by atoms with E-state index in [1.807, 2.05) is 0 Å². The van der Waals surface area contributed by atoms with E-state index < -0.39 is 12.2 Å². The highest BCUT2D eigenvalue weighted by Crippen LogP contribution is 2.65. The summed E-state index contributed by atoms with van der Waals surface area (Å²) in [5.41, 5.74) is 1.18. The monoisotopic (exact) mass is 446 g/mol. The molecule has 32 heavy (non-hydrogen) atoms. The minimum atomic E-state index is -0.616. The molecule has 1 N–H and O–H groups in total. The molecule has 4 aliphatic rings. The predicted molar refractivity (Wildman–Crippen MR) is 122 cm³/mol. The van der Waals surface area contributed by atoms with Crippen molar-refractivity contribution in [3.8, 4) is 0 Å². The SMILES string of the molecule is CCOC(=O)N=C1C[C@H]2[C@@H]3CCC4CC(O)CC[C@]4(C)[C@@H]3CC[C@]2(C)C1=NC(=O)OCC. The number of carbonyl (C=O) groups is 2. The molecule has 7 atom stereocenters. The van der Waals surface area contributed by atoms with Crippen molar-refractivity contribution in [1.29, 1.82) is 0 Å². The molecule has 2 unspecified atom stereocenters. The summed E-state index contributed by atoms with van der Waals surface area (Å²) in [7, 11) is 0. The van der Waals surface area contributed by atoms with Crippen LogP contribution >= 0.6 is 0 Å². The van der Waals surface area contributed by atoms with Crippen molar-refractivity contribution in [3.63, 3.8) is 0 Å². The molecule has 4 aliphatic carbocycles. The maximum absolute atomic E-state index is 12.3. The summed E-state index contributed by atoms with van der Waals surface area (Å²) in [4.78, 5) is 33.1. The highest BCUT2D eigenvalue weighted by molar-refractivity contribution is 6.48. The average Bonchev–Trinajstić information content (AvgIpc) is 3.00. The molecule has 0 aliphatic heterocycles.